The van der Waals surface area contributed by atoms with Crippen LogP contribution in [0.25, 0.3) is 0 Å². The molecule has 0 radical (unpaired) electrons. The maximum atomic E-state index is 5.77. The van der Waals surface area contributed by atoms with Crippen LogP contribution in [0.15, 0.2) is 18.2 Å². The maximum absolute atomic E-state index is 5.77. The zero-order valence-electron chi connectivity index (χ0n) is 6.80. The molecule has 2 nitrogen and oxygen atoms in total. The molecule has 0 aromatic heterocycles. The van der Waals surface area contributed by atoms with Gasteiger partial charge in [-0.2, -0.15) is 0 Å². The highest BCUT2D eigenvalue weighted by Gasteiger charge is 1.99. The standard InChI is InChI=1S/C8H9ClINO.ClH/c9-6-1-2-8(7(10)5-6)12-4-3-11;/h1-2,5H,3-4,11H2;1H. The Balaban J connectivity index is 0.00000144. The molecule has 0 bridgehead atoms. The van der Waals surface area contributed by atoms with Crippen LogP contribution in [-0.2, 0) is 0 Å². The average Bonchev–Trinajstić information content (AvgIpc) is 2.03. The second kappa shape index (κ2) is 6.70. The fraction of sp³-hybridized carbons (Fsp3) is 0.250. The number of halogens is 3. The van der Waals surface area contributed by atoms with Gasteiger partial charge in [-0.05, 0) is 40.8 Å². The van der Waals surface area contributed by atoms with Gasteiger partial charge < -0.3 is 10.5 Å². The van der Waals surface area contributed by atoms with E-state index in [9.17, 15) is 0 Å². The minimum atomic E-state index is 0. The first-order valence-electron chi connectivity index (χ1n) is 3.52. The molecule has 0 atom stereocenters. The lowest BCUT2D eigenvalue weighted by molar-refractivity contribution is 0.326. The Morgan fingerprint density at radius 1 is 1.46 bits per heavy atom. The van der Waals surface area contributed by atoms with Gasteiger partial charge >= 0.3 is 0 Å². The van der Waals surface area contributed by atoms with Crippen LogP contribution in [0.2, 0.25) is 5.02 Å². The second-order valence-electron chi connectivity index (χ2n) is 2.21. The van der Waals surface area contributed by atoms with Gasteiger partial charge in [0.05, 0.1) is 3.57 Å². The molecule has 0 aliphatic heterocycles. The highest BCUT2D eigenvalue weighted by molar-refractivity contribution is 14.1. The van der Waals surface area contributed by atoms with Crippen molar-refractivity contribution >= 4 is 46.6 Å². The predicted molar refractivity (Wildman–Crippen MR) is 66.0 cm³/mol. The molecule has 0 aliphatic rings. The lowest BCUT2D eigenvalue weighted by Gasteiger charge is -2.06. The number of ether oxygens (including phenoxy) is 1. The van der Waals surface area contributed by atoms with Gasteiger partial charge in [-0.3, -0.25) is 0 Å². The minimum Gasteiger partial charge on any atom is -0.491 e. The fourth-order valence-corrected chi connectivity index (χ4v) is 1.79. The van der Waals surface area contributed by atoms with Crippen molar-refractivity contribution in [2.24, 2.45) is 5.73 Å². The van der Waals surface area contributed by atoms with Crippen molar-refractivity contribution in [3.63, 3.8) is 0 Å². The first kappa shape index (κ1) is 13.3. The van der Waals surface area contributed by atoms with E-state index in [4.69, 9.17) is 22.1 Å². The molecule has 0 aliphatic carbocycles. The van der Waals surface area contributed by atoms with E-state index < -0.39 is 0 Å². The number of benzene rings is 1. The van der Waals surface area contributed by atoms with Crippen molar-refractivity contribution in [2.75, 3.05) is 13.2 Å². The third-order valence-electron chi connectivity index (χ3n) is 1.27. The Bertz CT molecular complexity index is 270. The van der Waals surface area contributed by atoms with Crippen molar-refractivity contribution in [1.82, 2.24) is 0 Å². The lowest BCUT2D eigenvalue weighted by Crippen LogP contribution is -2.11. The van der Waals surface area contributed by atoms with Gasteiger partial charge in [-0.1, -0.05) is 11.6 Å². The summed E-state index contributed by atoms with van der Waals surface area (Å²) in [6.45, 7) is 1.07. The largest absolute Gasteiger partial charge is 0.491 e. The number of rotatable bonds is 3. The second-order valence-corrected chi connectivity index (χ2v) is 3.81. The average molecular weight is 334 g/mol. The molecule has 0 heterocycles. The molecule has 5 heteroatoms. The van der Waals surface area contributed by atoms with Gasteiger partial charge in [0.25, 0.3) is 0 Å². The fourth-order valence-electron chi connectivity index (χ4n) is 0.761. The molecule has 0 unspecified atom stereocenters. The molecule has 74 valence electrons. The Morgan fingerprint density at radius 2 is 2.15 bits per heavy atom. The number of hydrogen-bond donors (Lipinski definition) is 1. The molecule has 0 saturated carbocycles. The van der Waals surface area contributed by atoms with E-state index in [1.54, 1.807) is 6.07 Å². The number of hydrogen-bond acceptors (Lipinski definition) is 2. The van der Waals surface area contributed by atoms with Crippen molar-refractivity contribution in [3.05, 3.63) is 26.8 Å². The molecule has 0 saturated heterocycles. The van der Waals surface area contributed by atoms with E-state index in [0.29, 0.717) is 13.2 Å². The van der Waals surface area contributed by atoms with E-state index in [2.05, 4.69) is 22.6 Å². The smallest absolute Gasteiger partial charge is 0.132 e. The van der Waals surface area contributed by atoms with Gasteiger partial charge in [0, 0.05) is 11.6 Å². The van der Waals surface area contributed by atoms with Crippen LogP contribution < -0.4 is 10.5 Å². The van der Waals surface area contributed by atoms with Crippen LogP contribution in [0.4, 0.5) is 0 Å². The highest BCUT2D eigenvalue weighted by atomic mass is 127. The topological polar surface area (TPSA) is 35.2 Å². The summed E-state index contributed by atoms with van der Waals surface area (Å²) in [5.74, 6) is 0.838. The summed E-state index contributed by atoms with van der Waals surface area (Å²) in [6.07, 6.45) is 0. The Morgan fingerprint density at radius 3 is 2.69 bits per heavy atom. The quantitative estimate of drug-likeness (QED) is 0.863. The van der Waals surface area contributed by atoms with Crippen LogP contribution in [0.5, 0.6) is 5.75 Å². The molecule has 1 aromatic rings. The van der Waals surface area contributed by atoms with E-state index in [1.165, 1.54) is 0 Å². The van der Waals surface area contributed by atoms with Crippen molar-refractivity contribution in [1.29, 1.82) is 0 Å². The monoisotopic (exact) mass is 333 g/mol. The molecule has 0 spiro atoms. The Hall–Kier alpha value is 0.290. The molecule has 0 amide bonds. The van der Waals surface area contributed by atoms with Gasteiger partial charge in [-0.25, -0.2) is 0 Å². The summed E-state index contributed by atoms with van der Waals surface area (Å²) in [5.41, 5.74) is 5.30. The van der Waals surface area contributed by atoms with Gasteiger partial charge in [0.15, 0.2) is 0 Å². The predicted octanol–water partition coefficient (Wildman–Crippen LogP) is 2.70. The SMILES string of the molecule is Cl.NCCOc1ccc(Cl)cc1I. The van der Waals surface area contributed by atoms with Crippen LogP contribution in [-0.4, -0.2) is 13.2 Å². The number of nitrogens with two attached hydrogens (primary N) is 1. The van der Waals surface area contributed by atoms with Crippen LogP contribution >= 0.6 is 46.6 Å². The van der Waals surface area contributed by atoms with E-state index >= 15 is 0 Å². The summed E-state index contributed by atoms with van der Waals surface area (Å²) < 4.78 is 6.36. The minimum absolute atomic E-state index is 0. The lowest BCUT2D eigenvalue weighted by atomic mass is 10.3. The third kappa shape index (κ3) is 4.35. The van der Waals surface area contributed by atoms with Crippen molar-refractivity contribution in [2.45, 2.75) is 0 Å². The molecule has 2 N–H and O–H groups in total. The first-order valence-corrected chi connectivity index (χ1v) is 4.97. The zero-order chi connectivity index (χ0) is 8.97. The van der Waals surface area contributed by atoms with Crippen molar-refractivity contribution in [3.8, 4) is 5.75 Å². The van der Waals surface area contributed by atoms with Gasteiger partial charge in [0.2, 0.25) is 0 Å². The van der Waals surface area contributed by atoms with Gasteiger partial charge in [0.1, 0.15) is 12.4 Å². The summed E-state index contributed by atoms with van der Waals surface area (Å²) >= 11 is 7.94. The molecule has 1 rings (SSSR count). The van der Waals surface area contributed by atoms with E-state index in [1.807, 2.05) is 12.1 Å². The molecule has 1 aromatic carbocycles. The molecule has 13 heavy (non-hydrogen) atoms. The Kier molecular flexibility index (Phi) is 6.85. The highest BCUT2D eigenvalue weighted by Crippen LogP contribution is 2.23. The van der Waals surface area contributed by atoms with Crippen molar-refractivity contribution < 1.29 is 4.74 Å². The van der Waals surface area contributed by atoms with E-state index in [0.717, 1.165) is 14.3 Å². The first-order chi connectivity index (χ1) is 5.74. The summed E-state index contributed by atoms with van der Waals surface area (Å²) in [7, 11) is 0. The summed E-state index contributed by atoms with van der Waals surface area (Å²) in [6, 6.07) is 5.50. The third-order valence-corrected chi connectivity index (χ3v) is 2.35. The normalized spacial score (nSPS) is 9.15. The molecular weight excluding hydrogens is 324 g/mol. The molecule has 0 fully saturated rings. The maximum Gasteiger partial charge on any atom is 0.132 e. The zero-order valence-corrected chi connectivity index (χ0v) is 10.5. The van der Waals surface area contributed by atoms with E-state index in [-0.39, 0.29) is 12.4 Å². The molecular formula is C8H10Cl2INO. The summed E-state index contributed by atoms with van der Waals surface area (Å²) in [5, 5.41) is 0.722. The Labute approximate surface area is 102 Å². The van der Waals surface area contributed by atoms with Crippen LogP contribution in [0.1, 0.15) is 0 Å². The summed E-state index contributed by atoms with van der Waals surface area (Å²) in [4.78, 5) is 0. The van der Waals surface area contributed by atoms with Crippen LogP contribution in [0.3, 0.4) is 0 Å². The van der Waals surface area contributed by atoms with Gasteiger partial charge in [-0.15, -0.1) is 12.4 Å². The van der Waals surface area contributed by atoms with Crippen LogP contribution in [0, 0.1) is 3.57 Å².